The van der Waals surface area contributed by atoms with Gasteiger partial charge in [-0.15, -0.1) is 0 Å². The van der Waals surface area contributed by atoms with E-state index in [1.807, 2.05) is 26.0 Å². The number of nitrogens with zero attached hydrogens (tertiary/aromatic N) is 1. The minimum absolute atomic E-state index is 0.150. The lowest BCUT2D eigenvalue weighted by atomic mass is 9.96. The SMILES string of the molecule is CC.O=C1CCC(N2CCCc3ccccc32)C(=O)N1. The van der Waals surface area contributed by atoms with Gasteiger partial charge in [-0.05, 0) is 30.9 Å². The Bertz CT molecular complexity index is 499. The van der Waals surface area contributed by atoms with E-state index in [-0.39, 0.29) is 17.9 Å². The second-order valence-corrected chi connectivity index (χ2v) is 4.89. The van der Waals surface area contributed by atoms with Crippen molar-refractivity contribution in [1.82, 2.24) is 5.32 Å². The van der Waals surface area contributed by atoms with Crippen LogP contribution in [0.25, 0.3) is 0 Å². The van der Waals surface area contributed by atoms with E-state index in [1.54, 1.807) is 0 Å². The summed E-state index contributed by atoms with van der Waals surface area (Å²) in [6.45, 7) is 4.89. The summed E-state index contributed by atoms with van der Waals surface area (Å²) in [6.07, 6.45) is 3.20. The molecule has 1 aromatic rings. The summed E-state index contributed by atoms with van der Waals surface area (Å²) < 4.78 is 0. The number of benzene rings is 1. The highest BCUT2D eigenvalue weighted by molar-refractivity contribution is 6.01. The number of hydrogen-bond donors (Lipinski definition) is 1. The molecule has 2 amide bonds. The molecule has 2 heterocycles. The van der Waals surface area contributed by atoms with Crippen LogP contribution < -0.4 is 10.2 Å². The van der Waals surface area contributed by atoms with Crippen molar-refractivity contribution in [3.8, 4) is 0 Å². The Hall–Kier alpha value is -1.84. The molecule has 0 radical (unpaired) electrons. The van der Waals surface area contributed by atoms with E-state index in [9.17, 15) is 9.59 Å². The van der Waals surface area contributed by atoms with Gasteiger partial charge < -0.3 is 4.90 Å². The first-order valence-corrected chi connectivity index (χ1v) is 7.44. The van der Waals surface area contributed by atoms with Crippen LogP contribution >= 0.6 is 0 Å². The van der Waals surface area contributed by atoms with Gasteiger partial charge >= 0.3 is 0 Å². The smallest absolute Gasteiger partial charge is 0.249 e. The third-order valence-corrected chi connectivity index (χ3v) is 3.73. The molecule has 0 spiro atoms. The largest absolute Gasteiger partial charge is 0.359 e. The maximum atomic E-state index is 11.9. The zero-order valence-electron chi connectivity index (χ0n) is 12.2. The third-order valence-electron chi connectivity index (χ3n) is 3.73. The fraction of sp³-hybridized carbons (Fsp3) is 0.500. The predicted octanol–water partition coefficient (Wildman–Crippen LogP) is 2.27. The number of nitrogens with one attached hydrogen (secondary N) is 1. The maximum Gasteiger partial charge on any atom is 0.249 e. The Morgan fingerprint density at radius 2 is 1.90 bits per heavy atom. The Kier molecular flexibility index (Phi) is 4.77. The molecule has 1 aromatic carbocycles. The highest BCUT2D eigenvalue weighted by Gasteiger charge is 2.33. The van der Waals surface area contributed by atoms with Crippen molar-refractivity contribution in [3.63, 3.8) is 0 Å². The van der Waals surface area contributed by atoms with E-state index in [0.29, 0.717) is 12.8 Å². The molecule has 4 nitrogen and oxygen atoms in total. The number of amides is 2. The normalized spacial score (nSPS) is 21.5. The number of anilines is 1. The average molecular weight is 274 g/mol. The van der Waals surface area contributed by atoms with Gasteiger partial charge in [0.15, 0.2) is 0 Å². The maximum absolute atomic E-state index is 11.9. The molecule has 4 heteroatoms. The van der Waals surface area contributed by atoms with Gasteiger partial charge in [0.25, 0.3) is 0 Å². The van der Waals surface area contributed by atoms with Crippen molar-refractivity contribution < 1.29 is 9.59 Å². The number of piperidine rings is 1. The minimum atomic E-state index is -0.191. The monoisotopic (exact) mass is 274 g/mol. The average Bonchev–Trinajstić information content (AvgIpc) is 2.49. The van der Waals surface area contributed by atoms with Crippen LogP contribution in [0.3, 0.4) is 0 Å². The highest BCUT2D eigenvalue weighted by atomic mass is 16.2. The number of fused-ring (bicyclic) bond motifs is 1. The molecule has 20 heavy (non-hydrogen) atoms. The first-order chi connectivity index (χ1) is 9.75. The van der Waals surface area contributed by atoms with E-state index in [2.05, 4.69) is 22.3 Å². The van der Waals surface area contributed by atoms with Gasteiger partial charge in [-0.1, -0.05) is 32.0 Å². The summed E-state index contributed by atoms with van der Waals surface area (Å²) in [7, 11) is 0. The van der Waals surface area contributed by atoms with Crippen LogP contribution in [0.4, 0.5) is 5.69 Å². The van der Waals surface area contributed by atoms with Gasteiger partial charge in [0.05, 0.1) is 0 Å². The van der Waals surface area contributed by atoms with Crippen LogP contribution in [-0.4, -0.2) is 24.4 Å². The van der Waals surface area contributed by atoms with E-state index in [1.165, 1.54) is 5.56 Å². The van der Waals surface area contributed by atoms with Crippen molar-refractivity contribution in [1.29, 1.82) is 0 Å². The molecule has 1 atom stereocenters. The molecule has 108 valence electrons. The molecule has 3 rings (SSSR count). The van der Waals surface area contributed by atoms with Gasteiger partial charge in [-0.25, -0.2) is 0 Å². The fourth-order valence-electron chi connectivity index (χ4n) is 2.87. The molecule has 1 saturated heterocycles. The van der Waals surface area contributed by atoms with Gasteiger partial charge in [0, 0.05) is 18.7 Å². The van der Waals surface area contributed by atoms with Crippen LogP contribution in [0.2, 0.25) is 0 Å². The Balaban J connectivity index is 0.000000704. The molecular formula is C16H22N2O2. The van der Waals surface area contributed by atoms with Crippen molar-refractivity contribution in [3.05, 3.63) is 29.8 Å². The summed E-state index contributed by atoms with van der Waals surface area (Å²) in [4.78, 5) is 25.3. The number of hydrogen-bond acceptors (Lipinski definition) is 3. The van der Waals surface area contributed by atoms with Crippen LogP contribution in [-0.2, 0) is 16.0 Å². The van der Waals surface area contributed by atoms with Gasteiger partial charge in [-0.2, -0.15) is 0 Å². The molecule has 2 aliphatic rings. The van der Waals surface area contributed by atoms with Crippen LogP contribution in [0.5, 0.6) is 0 Å². The van der Waals surface area contributed by atoms with Crippen molar-refractivity contribution >= 4 is 17.5 Å². The zero-order valence-corrected chi connectivity index (χ0v) is 12.2. The second kappa shape index (κ2) is 6.55. The molecule has 2 aliphatic heterocycles. The minimum Gasteiger partial charge on any atom is -0.359 e. The summed E-state index contributed by atoms with van der Waals surface area (Å²) in [5.74, 6) is -0.301. The van der Waals surface area contributed by atoms with Crippen molar-refractivity contribution in [2.45, 2.75) is 45.6 Å². The molecular weight excluding hydrogens is 252 g/mol. The summed E-state index contributed by atoms with van der Waals surface area (Å²) in [5, 5.41) is 2.44. The van der Waals surface area contributed by atoms with Crippen LogP contribution in [0.15, 0.2) is 24.3 Å². The predicted molar refractivity (Wildman–Crippen MR) is 79.6 cm³/mol. The molecule has 1 N–H and O–H groups in total. The number of aryl methyl sites for hydroxylation is 1. The number of imide groups is 1. The number of carbonyl (C=O) groups is 2. The summed E-state index contributed by atoms with van der Waals surface area (Å²) in [6, 6.07) is 8.03. The van der Waals surface area contributed by atoms with E-state index >= 15 is 0 Å². The molecule has 0 aromatic heterocycles. The highest BCUT2D eigenvalue weighted by Crippen LogP contribution is 2.30. The fourth-order valence-corrected chi connectivity index (χ4v) is 2.87. The van der Waals surface area contributed by atoms with Crippen molar-refractivity contribution in [2.24, 2.45) is 0 Å². The second-order valence-electron chi connectivity index (χ2n) is 4.89. The third kappa shape index (κ3) is 2.84. The summed E-state index contributed by atoms with van der Waals surface area (Å²) in [5.41, 5.74) is 2.45. The Labute approximate surface area is 120 Å². The number of rotatable bonds is 1. The van der Waals surface area contributed by atoms with Crippen LogP contribution in [0.1, 0.15) is 38.7 Å². The first kappa shape index (κ1) is 14.6. The van der Waals surface area contributed by atoms with Crippen molar-refractivity contribution in [2.75, 3.05) is 11.4 Å². The van der Waals surface area contributed by atoms with Gasteiger partial charge in [0.2, 0.25) is 11.8 Å². The Morgan fingerprint density at radius 3 is 2.65 bits per heavy atom. The standard InChI is InChI=1S/C14H16N2O2.C2H6/c17-13-8-7-12(14(18)15-13)16-9-3-5-10-4-1-2-6-11(10)16;1-2/h1-2,4,6,12H,3,5,7-9H2,(H,15,17,18);1-2H3. The topological polar surface area (TPSA) is 49.4 Å². The lowest BCUT2D eigenvalue weighted by molar-refractivity contribution is -0.134. The van der Waals surface area contributed by atoms with E-state index in [0.717, 1.165) is 25.1 Å². The lowest BCUT2D eigenvalue weighted by Crippen LogP contribution is -2.53. The summed E-state index contributed by atoms with van der Waals surface area (Å²) >= 11 is 0. The van der Waals surface area contributed by atoms with E-state index < -0.39 is 0 Å². The van der Waals surface area contributed by atoms with Gasteiger partial charge in [-0.3, -0.25) is 14.9 Å². The molecule has 0 aliphatic carbocycles. The molecule has 0 bridgehead atoms. The number of carbonyl (C=O) groups excluding carboxylic acids is 2. The lowest BCUT2D eigenvalue weighted by Gasteiger charge is -2.38. The zero-order chi connectivity index (χ0) is 14.5. The molecule has 1 unspecified atom stereocenters. The quantitative estimate of drug-likeness (QED) is 0.799. The molecule has 0 saturated carbocycles. The van der Waals surface area contributed by atoms with E-state index in [4.69, 9.17) is 0 Å². The van der Waals surface area contributed by atoms with Gasteiger partial charge in [0.1, 0.15) is 6.04 Å². The Morgan fingerprint density at radius 1 is 1.15 bits per heavy atom. The first-order valence-electron chi connectivity index (χ1n) is 7.44. The van der Waals surface area contributed by atoms with Crippen LogP contribution in [0, 0.1) is 0 Å². The molecule has 1 fully saturated rings. The number of para-hydroxylation sites is 1.